The van der Waals surface area contributed by atoms with Crippen LogP contribution in [0.2, 0.25) is 0 Å². The lowest BCUT2D eigenvalue weighted by molar-refractivity contribution is -0.118. The van der Waals surface area contributed by atoms with Gasteiger partial charge in [0.1, 0.15) is 0 Å². The number of rotatable bonds is 9. The summed E-state index contributed by atoms with van der Waals surface area (Å²) in [5.74, 6) is -1.43. The summed E-state index contributed by atoms with van der Waals surface area (Å²) in [6.45, 7) is 1.24. The largest absolute Gasteiger partial charge is 0.476 e. The SMILES string of the molecule is NC(=O)CCCCNC(=O)NCCn1cnc(C(=O)O)c1. The van der Waals surface area contributed by atoms with Crippen molar-refractivity contribution in [2.45, 2.75) is 25.8 Å². The van der Waals surface area contributed by atoms with E-state index in [1.54, 1.807) is 4.57 Å². The first-order valence-electron chi connectivity index (χ1n) is 6.54. The van der Waals surface area contributed by atoms with Crippen molar-refractivity contribution in [2.75, 3.05) is 13.1 Å². The molecule has 5 N–H and O–H groups in total. The highest BCUT2D eigenvalue weighted by molar-refractivity contribution is 5.84. The molecule has 0 aliphatic rings. The zero-order chi connectivity index (χ0) is 15.7. The number of carbonyl (C=O) groups excluding carboxylic acids is 2. The first-order valence-corrected chi connectivity index (χ1v) is 6.54. The number of hydrogen-bond donors (Lipinski definition) is 4. The molecule has 0 unspecified atom stereocenters. The Morgan fingerprint density at radius 1 is 1.24 bits per heavy atom. The van der Waals surface area contributed by atoms with E-state index in [0.29, 0.717) is 38.9 Å². The molecule has 116 valence electrons. The maximum absolute atomic E-state index is 11.4. The second-order valence-electron chi connectivity index (χ2n) is 4.41. The van der Waals surface area contributed by atoms with Gasteiger partial charge in [0.2, 0.25) is 5.91 Å². The first kappa shape index (κ1) is 16.5. The normalized spacial score (nSPS) is 10.1. The molecule has 0 aliphatic heterocycles. The minimum Gasteiger partial charge on any atom is -0.476 e. The van der Waals surface area contributed by atoms with E-state index in [1.165, 1.54) is 12.5 Å². The molecule has 0 bridgehead atoms. The molecule has 0 radical (unpaired) electrons. The highest BCUT2D eigenvalue weighted by Gasteiger charge is 2.06. The molecule has 3 amide bonds. The van der Waals surface area contributed by atoms with Crippen LogP contribution >= 0.6 is 0 Å². The van der Waals surface area contributed by atoms with Crippen molar-refractivity contribution >= 4 is 17.9 Å². The minimum absolute atomic E-state index is 0.0334. The van der Waals surface area contributed by atoms with E-state index in [9.17, 15) is 14.4 Å². The lowest BCUT2D eigenvalue weighted by atomic mass is 10.2. The Morgan fingerprint density at radius 3 is 2.57 bits per heavy atom. The van der Waals surface area contributed by atoms with Gasteiger partial charge in [-0.15, -0.1) is 0 Å². The summed E-state index contributed by atoms with van der Waals surface area (Å²) in [6, 6.07) is -0.312. The molecule has 0 aliphatic carbocycles. The summed E-state index contributed by atoms with van der Waals surface area (Å²) in [5, 5.41) is 14.0. The van der Waals surface area contributed by atoms with Crippen LogP contribution in [0.3, 0.4) is 0 Å². The lowest BCUT2D eigenvalue weighted by Crippen LogP contribution is -2.37. The smallest absolute Gasteiger partial charge is 0.356 e. The van der Waals surface area contributed by atoms with Crippen molar-refractivity contribution in [1.29, 1.82) is 0 Å². The van der Waals surface area contributed by atoms with Crippen LogP contribution in [0.4, 0.5) is 4.79 Å². The summed E-state index contributed by atoms with van der Waals surface area (Å²) in [7, 11) is 0. The molecule has 0 saturated carbocycles. The van der Waals surface area contributed by atoms with E-state index in [1.807, 2.05) is 0 Å². The topological polar surface area (TPSA) is 139 Å². The van der Waals surface area contributed by atoms with Crippen molar-refractivity contribution in [3.63, 3.8) is 0 Å². The van der Waals surface area contributed by atoms with Crippen LogP contribution in [0.5, 0.6) is 0 Å². The van der Waals surface area contributed by atoms with Gasteiger partial charge < -0.3 is 26.0 Å². The fraction of sp³-hybridized carbons (Fsp3) is 0.500. The maximum atomic E-state index is 11.4. The van der Waals surface area contributed by atoms with Gasteiger partial charge in [-0.25, -0.2) is 14.6 Å². The van der Waals surface area contributed by atoms with Crippen molar-refractivity contribution in [3.8, 4) is 0 Å². The van der Waals surface area contributed by atoms with Gasteiger partial charge in [0.05, 0.1) is 6.33 Å². The summed E-state index contributed by atoms with van der Waals surface area (Å²) in [4.78, 5) is 36.2. The molecule has 21 heavy (non-hydrogen) atoms. The third kappa shape index (κ3) is 6.95. The molecule has 0 fully saturated rings. The number of carboxylic acids is 1. The Hall–Kier alpha value is -2.58. The molecular formula is C12H19N5O4. The van der Waals surface area contributed by atoms with Crippen LogP contribution in [-0.2, 0) is 11.3 Å². The Kier molecular flexibility index (Phi) is 6.72. The number of aromatic nitrogens is 2. The van der Waals surface area contributed by atoms with Crippen LogP contribution in [-0.4, -0.2) is 45.7 Å². The van der Waals surface area contributed by atoms with Crippen LogP contribution in [0.15, 0.2) is 12.5 Å². The van der Waals surface area contributed by atoms with E-state index < -0.39 is 5.97 Å². The zero-order valence-electron chi connectivity index (χ0n) is 11.5. The third-order valence-electron chi connectivity index (χ3n) is 2.64. The van der Waals surface area contributed by atoms with Gasteiger partial charge in [-0.2, -0.15) is 0 Å². The molecule has 1 heterocycles. The maximum Gasteiger partial charge on any atom is 0.356 e. The Labute approximate surface area is 121 Å². The van der Waals surface area contributed by atoms with Gasteiger partial charge in [0.15, 0.2) is 5.69 Å². The van der Waals surface area contributed by atoms with E-state index in [4.69, 9.17) is 10.8 Å². The quantitative estimate of drug-likeness (QED) is 0.456. The number of carbonyl (C=O) groups is 3. The highest BCUT2D eigenvalue weighted by atomic mass is 16.4. The number of nitrogens with two attached hydrogens (primary N) is 1. The molecular weight excluding hydrogens is 278 g/mol. The zero-order valence-corrected chi connectivity index (χ0v) is 11.5. The second-order valence-corrected chi connectivity index (χ2v) is 4.41. The molecule has 1 aromatic rings. The molecule has 0 aromatic carbocycles. The fourth-order valence-electron chi connectivity index (χ4n) is 1.58. The van der Waals surface area contributed by atoms with E-state index in [-0.39, 0.29) is 17.6 Å². The summed E-state index contributed by atoms with van der Waals surface area (Å²) >= 11 is 0. The Bertz CT molecular complexity index is 500. The number of urea groups is 1. The number of carboxylic acid groups (broad SMARTS) is 1. The second kappa shape index (κ2) is 8.56. The predicted octanol–water partition coefficient (Wildman–Crippen LogP) is -0.464. The molecule has 0 saturated heterocycles. The van der Waals surface area contributed by atoms with E-state index >= 15 is 0 Å². The molecule has 1 rings (SSSR count). The average molecular weight is 297 g/mol. The van der Waals surface area contributed by atoms with Gasteiger partial charge in [0, 0.05) is 32.3 Å². The molecule has 9 heteroatoms. The van der Waals surface area contributed by atoms with Crippen molar-refractivity contribution in [1.82, 2.24) is 20.2 Å². The number of nitrogens with zero attached hydrogens (tertiary/aromatic N) is 2. The van der Waals surface area contributed by atoms with Gasteiger partial charge >= 0.3 is 12.0 Å². The summed E-state index contributed by atoms with van der Waals surface area (Å²) < 4.78 is 1.58. The fourth-order valence-corrected chi connectivity index (χ4v) is 1.58. The van der Waals surface area contributed by atoms with E-state index in [0.717, 1.165) is 0 Å². The van der Waals surface area contributed by atoms with Crippen LogP contribution in [0.1, 0.15) is 29.8 Å². The number of nitrogens with one attached hydrogen (secondary N) is 2. The number of aromatic carboxylic acids is 1. The highest BCUT2D eigenvalue weighted by Crippen LogP contribution is 1.95. The number of amides is 3. The van der Waals surface area contributed by atoms with Gasteiger partial charge in [0.25, 0.3) is 0 Å². The van der Waals surface area contributed by atoms with Crippen LogP contribution in [0.25, 0.3) is 0 Å². The lowest BCUT2D eigenvalue weighted by Gasteiger charge is -2.07. The van der Waals surface area contributed by atoms with Gasteiger partial charge in [-0.05, 0) is 12.8 Å². The molecule has 0 atom stereocenters. The number of primary amides is 1. The van der Waals surface area contributed by atoms with E-state index in [2.05, 4.69) is 15.6 Å². The predicted molar refractivity (Wildman–Crippen MR) is 73.6 cm³/mol. The molecule has 9 nitrogen and oxygen atoms in total. The van der Waals surface area contributed by atoms with Crippen LogP contribution < -0.4 is 16.4 Å². The minimum atomic E-state index is -1.09. The third-order valence-corrected chi connectivity index (χ3v) is 2.64. The number of hydrogen-bond acceptors (Lipinski definition) is 4. The standard InChI is InChI=1S/C12H19N5O4/c13-10(18)3-1-2-4-14-12(21)15-5-6-17-7-9(11(19)20)16-8-17/h7-8H,1-6H2,(H2,13,18)(H,19,20)(H2,14,15,21). The summed E-state index contributed by atoms with van der Waals surface area (Å²) in [5.41, 5.74) is 4.96. The first-order chi connectivity index (χ1) is 9.99. The summed E-state index contributed by atoms with van der Waals surface area (Å²) in [6.07, 6.45) is 4.43. The van der Waals surface area contributed by atoms with Gasteiger partial charge in [-0.3, -0.25) is 4.79 Å². The Balaban J connectivity index is 2.10. The monoisotopic (exact) mass is 297 g/mol. The van der Waals surface area contributed by atoms with Crippen molar-refractivity contribution < 1.29 is 19.5 Å². The van der Waals surface area contributed by atoms with Crippen molar-refractivity contribution in [3.05, 3.63) is 18.2 Å². The van der Waals surface area contributed by atoms with Gasteiger partial charge in [-0.1, -0.05) is 0 Å². The van der Waals surface area contributed by atoms with Crippen LogP contribution in [0, 0.1) is 0 Å². The molecule has 1 aromatic heterocycles. The molecule has 0 spiro atoms. The number of unbranched alkanes of at least 4 members (excludes halogenated alkanes) is 1. The Morgan fingerprint density at radius 2 is 1.95 bits per heavy atom. The van der Waals surface area contributed by atoms with Crippen molar-refractivity contribution in [2.24, 2.45) is 5.73 Å². The average Bonchev–Trinajstić information content (AvgIpc) is 2.87. The number of imidazole rings is 1.